The minimum atomic E-state index is -0.222. The maximum Gasteiger partial charge on any atom is 0.123 e. The van der Waals surface area contributed by atoms with Crippen molar-refractivity contribution in [2.75, 3.05) is 7.05 Å². The summed E-state index contributed by atoms with van der Waals surface area (Å²) in [6, 6.07) is 6.82. The summed E-state index contributed by atoms with van der Waals surface area (Å²) in [7, 11) is 1.89. The van der Waals surface area contributed by atoms with Crippen molar-refractivity contribution in [1.29, 1.82) is 0 Å². The van der Waals surface area contributed by atoms with Crippen molar-refractivity contribution >= 4 is 11.6 Å². The van der Waals surface area contributed by atoms with Crippen molar-refractivity contribution in [1.82, 2.24) is 15.1 Å². The number of likely N-dealkylation sites (N-methyl/N-ethyl adjacent to an activating group) is 1. The second kappa shape index (κ2) is 6.37. The van der Waals surface area contributed by atoms with Crippen LogP contribution in [-0.4, -0.2) is 16.8 Å². The van der Waals surface area contributed by atoms with Crippen LogP contribution in [0.5, 0.6) is 0 Å². The van der Waals surface area contributed by atoms with Crippen LogP contribution in [0.25, 0.3) is 0 Å². The topological polar surface area (TPSA) is 29.9 Å². The average Bonchev–Trinajstić information content (AvgIpc) is 2.80. The molecule has 0 aliphatic carbocycles. The van der Waals surface area contributed by atoms with Gasteiger partial charge in [-0.15, -0.1) is 0 Å². The number of nitrogens with zero attached hydrogens (tertiary/aromatic N) is 2. The predicted octanol–water partition coefficient (Wildman–Crippen LogP) is 3.76. The maximum atomic E-state index is 13.0. The van der Waals surface area contributed by atoms with Crippen molar-refractivity contribution in [2.24, 2.45) is 0 Å². The van der Waals surface area contributed by atoms with E-state index in [-0.39, 0.29) is 17.9 Å². The lowest BCUT2D eigenvalue weighted by molar-refractivity contribution is 0.460. The Hall–Kier alpha value is -1.39. The Balaban J connectivity index is 2.28. The molecule has 0 spiro atoms. The van der Waals surface area contributed by atoms with Gasteiger partial charge in [0.15, 0.2) is 0 Å². The molecule has 1 heterocycles. The highest BCUT2D eigenvalue weighted by molar-refractivity contribution is 6.31. The molecule has 1 N–H and O–H groups in total. The molecule has 3 nitrogen and oxygen atoms in total. The largest absolute Gasteiger partial charge is 0.311 e. The number of halogens is 2. The highest BCUT2D eigenvalue weighted by Crippen LogP contribution is 2.27. The third kappa shape index (κ3) is 3.19. The van der Waals surface area contributed by atoms with Gasteiger partial charge in [0.05, 0.1) is 23.0 Å². The first-order valence-electron chi connectivity index (χ1n) is 6.67. The fourth-order valence-electron chi connectivity index (χ4n) is 2.28. The van der Waals surface area contributed by atoms with Gasteiger partial charge >= 0.3 is 0 Å². The molecule has 20 heavy (non-hydrogen) atoms. The van der Waals surface area contributed by atoms with Crippen molar-refractivity contribution in [3.63, 3.8) is 0 Å². The Kier molecular flexibility index (Phi) is 4.78. The Labute approximate surface area is 123 Å². The molecule has 2 rings (SSSR count). The van der Waals surface area contributed by atoms with Gasteiger partial charge in [0.2, 0.25) is 0 Å². The van der Waals surface area contributed by atoms with Gasteiger partial charge < -0.3 is 5.32 Å². The molecule has 2 aromatic rings. The van der Waals surface area contributed by atoms with Crippen LogP contribution in [0.4, 0.5) is 4.39 Å². The molecular formula is C15H19ClFN3. The molecule has 0 saturated heterocycles. The van der Waals surface area contributed by atoms with E-state index in [4.69, 9.17) is 11.6 Å². The van der Waals surface area contributed by atoms with E-state index in [0.717, 1.165) is 17.7 Å². The van der Waals surface area contributed by atoms with E-state index in [2.05, 4.69) is 24.3 Å². The van der Waals surface area contributed by atoms with Gasteiger partial charge in [0.25, 0.3) is 0 Å². The van der Waals surface area contributed by atoms with E-state index in [1.807, 2.05) is 11.7 Å². The lowest BCUT2D eigenvalue weighted by Gasteiger charge is -2.20. The highest BCUT2D eigenvalue weighted by atomic mass is 35.5. The molecular weight excluding hydrogens is 277 g/mol. The van der Waals surface area contributed by atoms with E-state index < -0.39 is 0 Å². The van der Waals surface area contributed by atoms with Crippen molar-refractivity contribution in [2.45, 2.75) is 32.4 Å². The Morgan fingerprint density at radius 2 is 1.95 bits per heavy atom. The third-order valence-electron chi connectivity index (χ3n) is 3.31. The molecule has 0 aliphatic heterocycles. The average molecular weight is 296 g/mol. The molecule has 1 atom stereocenters. The van der Waals surface area contributed by atoms with Gasteiger partial charge in [0.1, 0.15) is 5.82 Å². The molecule has 0 fully saturated rings. The van der Waals surface area contributed by atoms with Crippen LogP contribution < -0.4 is 5.32 Å². The van der Waals surface area contributed by atoms with E-state index in [1.54, 1.807) is 18.3 Å². The monoisotopic (exact) mass is 295 g/mol. The fraction of sp³-hybridized carbons (Fsp3) is 0.400. The summed E-state index contributed by atoms with van der Waals surface area (Å²) in [6.07, 6.45) is 2.40. The summed E-state index contributed by atoms with van der Waals surface area (Å²) in [6.45, 7) is 4.13. The summed E-state index contributed by atoms with van der Waals surface area (Å²) >= 11 is 6.27. The zero-order chi connectivity index (χ0) is 14.7. The summed E-state index contributed by atoms with van der Waals surface area (Å²) in [5.41, 5.74) is 2.02. The van der Waals surface area contributed by atoms with Crippen LogP contribution in [0.3, 0.4) is 0 Å². The number of hydrogen-bond donors (Lipinski definition) is 1. The molecule has 1 unspecified atom stereocenters. The number of benzene rings is 1. The number of hydrogen-bond acceptors (Lipinski definition) is 2. The molecule has 0 saturated carbocycles. The van der Waals surface area contributed by atoms with Crippen LogP contribution in [0.15, 0.2) is 30.5 Å². The molecule has 5 heteroatoms. The third-order valence-corrected chi connectivity index (χ3v) is 3.60. The summed E-state index contributed by atoms with van der Waals surface area (Å²) in [4.78, 5) is 0. The first-order valence-corrected chi connectivity index (χ1v) is 7.05. The first kappa shape index (κ1) is 15.0. The summed E-state index contributed by atoms with van der Waals surface area (Å²) in [5.74, 6) is -0.222. The normalized spacial score (nSPS) is 12.9. The SMILES string of the molecule is CNC(Cc1ccc(F)cc1)c1c(Cl)cnn1C(C)C. The minimum Gasteiger partial charge on any atom is -0.311 e. The standard InChI is InChI=1S/C15H19ClFN3/c1-10(2)20-15(13(16)9-19-20)14(18-3)8-11-4-6-12(17)7-5-11/h4-7,9-10,14,18H,8H2,1-3H3. The van der Waals surface area contributed by atoms with Gasteiger partial charge in [-0.25, -0.2) is 4.39 Å². The second-order valence-electron chi connectivity index (χ2n) is 5.09. The smallest absolute Gasteiger partial charge is 0.123 e. The van der Waals surface area contributed by atoms with Gasteiger partial charge in [-0.3, -0.25) is 4.68 Å². The van der Waals surface area contributed by atoms with E-state index in [1.165, 1.54) is 12.1 Å². The fourth-order valence-corrected chi connectivity index (χ4v) is 2.54. The van der Waals surface area contributed by atoms with Gasteiger partial charge in [-0.2, -0.15) is 5.10 Å². The highest BCUT2D eigenvalue weighted by Gasteiger charge is 2.20. The maximum absolute atomic E-state index is 13.0. The molecule has 1 aromatic heterocycles. The number of nitrogens with one attached hydrogen (secondary N) is 1. The minimum absolute atomic E-state index is 0.0397. The van der Waals surface area contributed by atoms with Crippen LogP contribution >= 0.6 is 11.6 Å². The van der Waals surface area contributed by atoms with Gasteiger partial charge in [-0.1, -0.05) is 23.7 Å². The van der Waals surface area contributed by atoms with Crippen molar-refractivity contribution < 1.29 is 4.39 Å². The number of rotatable bonds is 5. The predicted molar refractivity (Wildman–Crippen MR) is 79.5 cm³/mol. The summed E-state index contributed by atoms with van der Waals surface area (Å²) in [5, 5.41) is 8.24. The Morgan fingerprint density at radius 3 is 2.50 bits per heavy atom. The van der Waals surface area contributed by atoms with Gasteiger partial charge in [-0.05, 0) is 45.0 Å². The second-order valence-corrected chi connectivity index (χ2v) is 5.50. The Morgan fingerprint density at radius 1 is 1.30 bits per heavy atom. The van der Waals surface area contributed by atoms with E-state index in [0.29, 0.717) is 5.02 Å². The quantitative estimate of drug-likeness (QED) is 0.910. The lowest BCUT2D eigenvalue weighted by Crippen LogP contribution is -2.23. The molecule has 0 radical (unpaired) electrons. The van der Waals surface area contributed by atoms with Crippen LogP contribution in [0.2, 0.25) is 5.02 Å². The lowest BCUT2D eigenvalue weighted by atomic mass is 10.0. The van der Waals surface area contributed by atoms with E-state index in [9.17, 15) is 4.39 Å². The van der Waals surface area contributed by atoms with Crippen LogP contribution in [-0.2, 0) is 6.42 Å². The molecule has 0 amide bonds. The van der Waals surface area contributed by atoms with Crippen LogP contribution in [0.1, 0.15) is 37.2 Å². The molecule has 1 aromatic carbocycles. The summed E-state index contributed by atoms with van der Waals surface area (Å²) < 4.78 is 14.9. The van der Waals surface area contributed by atoms with Crippen LogP contribution in [0, 0.1) is 5.82 Å². The molecule has 108 valence electrons. The first-order chi connectivity index (χ1) is 9.52. The van der Waals surface area contributed by atoms with E-state index >= 15 is 0 Å². The zero-order valence-corrected chi connectivity index (χ0v) is 12.7. The van der Waals surface area contributed by atoms with Crippen molar-refractivity contribution in [3.05, 3.63) is 52.6 Å². The Bertz CT molecular complexity index is 563. The number of aromatic nitrogens is 2. The molecule has 0 aliphatic rings. The zero-order valence-electron chi connectivity index (χ0n) is 11.9. The molecule has 0 bridgehead atoms. The van der Waals surface area contributed by atoms with Gasteiger partial charge in [0, 0.05) is 6.04 Å². The van der Waals surface area contributed by atoms with Crippen molar-refractivity contribution in [3.8, 4) is 0 Å².